The molecule has 1 fully saturated rings. The molecule has 1 aliphatic rings. The third kappa shape index (κ3) is 2.20. The van der Waals surface area contributed by atoms with E-state index in [1.165, 1.54) is 0 Å². The fraction of sp³-hybridized carbons (Fsp3) is 0.500. The van der Waals surface area contributed by atoms with Crippen molar-refractivity contribution >= 4 is 5.97 Å². The van der Waals surface area contributed by atoms with Gasteiger partial charge in [-0.2, -0.15) is 0 Å². The summed E-state index contributed by atoms with van der Waals surface area (Å²) < 4.78 is 5.39. The fourth-order valence-electron chi connectivity index (χ4n) is 2.32. The number of benzene rings is 1. The normalized spacial score (nSPS) is 20.5. The van der Waals surface area contributed by atoms with Crippen molar-refractivity contribution in [2.75, 3.05) is 13.2 Å². The van der Waals surface area contributed by atoms with Crippen LogP contribution in [0.15, 0.2) is 24.3 Å². The Morgan fingerprint density at radius 3 is 2.71 bits per heavy atom. The highest BCUT2D eigenvalue weighted by Crippen LogP contribution is 2.34. The Morgan fingerprint density at radius 2 is 2.12 bits per heavy atom. The maximum absolute atomic E-state index is 11.4. The van der Waals surface area contributed by atoms with E-state index < -0.39 is 11.4 Å². The molecule has 17 heavy (non-hydrogen) atoms. The number of carboxylic acids is 1. The number of hydrogen-bond acceptors (Lipinski definition) is 2. The number of rotatable bonds is 3. The molecule has 92 valence electrons. The van der Waals surface area contributed by atoms with Gasteiger partial charge in [-0.15, -0.1) is 0 Å². The molecule has 0 aromatic heterocycles. The number of ether oxygens (including phenoxy) is 1. The smallest absolute Gasteiger partial charge is 0.313 e. The first-order valence-corrected chi connectivity index (χ1v) is 5.94. The second kappa shape index (κ2) is 4.49. The molecule has 1 saturated heterocycles. The summed E-state index contributed by atoms with van der Waals surface area (Å²) in [6.45, 7) is 4.98. The Morgan fingerprint density at radius 1 is 1.41 bits per heavy atom. The molecule has 0 spiro atoms. The molecule has 0 saturated carbocycles. The lowest BCUT2D eigenvalue weighted by atomic mass is 9.78. The van der Waals surface area contributed by atoms with Crippen LogP contribution in [-0.4, -0.2) is 24.3 Å². The van der Waals surface area contributed by atoms with Crippen molar-refractivity contribution in [1.29, 1.82) is 0 Å². The zero-order chi connectivity index (χ0) is 12.5. The molecule has 0 radical (unpaired) electrons. The first kappa shape index (κ1) is 12.1. The molecule has 1 aliphatic heterocycles. The van der Waals surface area contributed by atoms with E-state index >= 15 is 0 Å². The highest BCUT2D eigenvalue weighted by molar-refractivity contribution is 5.80. The molecule has 3 heteroatoms. The topological polar surface area (TPSA) is 46.5 Å². The third-order valence-electron chi connectivity index (χ3n) is 3.54. The Kier molecular flexibility index (Phi) is 3.20. The summed E-state index contributed by atoms with van der Waals surface area (Å²) in [5.41, 5.74) is 1.18. The van der Waals surface area contributed by atoms with Crippen LogP contribution in [-0.2, 0) is 14.9 Å². The van der Waals surface area contributed by atoms with Crippen molar-refractivity contribution in [2.45, 2.75) is 31.6 Å². The van der Waals surface area contributed by atoms with Crippen LogP contribution in [0.3, 0.4) is 0 Å². The number of hydrogen-bond donors (Lipinski definition) is 1. The van der Waals surface area contributed by atoms with E-state index in [0.29, 0.717) is 12.5 Å². The molecule has 0 aliphatic carbocycles. The summed E-state index contributed by atoms with van der Waals surface area (Å²) >= 11 is 0. The summed E-state index contributed by atoms with van der Waals surface area (Å²) in [5.74, 6) is -0.450. The molecule has 1 atom stereocenters. The number of carboxylic acid groups (broad SMARTS) is 1. The van der Waals surface area contributed by atoms with Gasteiger partial charge in [0.2, 0.25) is 0 Å². The predicted molar refractivity (Wildman–Crippen MR) is 65.3 cm³/mol. The lowest BCUT2D eigenvalue weighted by molar-refractivity contribution is -0.142. The van der Waals surface area contributed by atoms with Gasteiger partial charge in [0.1, 0.15) is 0 Å². The van der Waals surface area contributed by atoms with Crippen LogP contribution in [0.4, 0.5) is 0 Å². The summed E-state index contributed by atoms with van der Waals surface area (Å²) in [5, 5.41) is 9.33. The van der Waals surface area contributed by atoms with Gasteiger partial charge in [-0.05, 0) is 31.4 Å². The van der Waals surface area contributed by atoms with Crippen LogP contribution in [0.2, 0.25) is 0 Å². The maximum Gasteiger partial charge on any atom is 0.313 e. The largest absolute Gasteiger partial charge is 0.481 e. The van der Waals surface area contributed by atoms with Gasteiger partial charge >= 0.3 is 5.97 Å². The molecule has 0 amide bonds. The highest BCUT2D eigenvalue weighted by Gasteiger charge is 2.33. The van der Waals surface area contributed by atoms with Gasteiger partial charge in [-0.1, -0.05) is 24.3 Å². The van der Waals surface area contributed by atoms with Gasteiger partial charge in [-0.3, -0.25) is 4.79 Å². The Bertz CT molecular complexity index is 417. The molecule has 1 unspecified atom stereocenters. The molecule has 1 N–H and O–H groups in total. The standard InChI is InChI=1S/C14H18O3/c1-14(2,13(15)16)12-6-4-3-5-11(12)10-7-8-17-9-10/h3-6,10H,7-9H2,1-2H3,(H,15,16). The average molecular weight is 234 g/mol. The lowest BCUT2D eigenvalue weighted by Crippen LogP contribution is -2.30. The summed E-state index contributed by atoms with van der Waals surface area (Å²) in [6.07, 6.45) is 0.979. The monoisotopic (exact) mass is 234 g/mol. The molecule has 0 bridgehead atoms. The summed E-state index contributed by atoms with van der Waals surface area (Å²) in [4.78, 5) is 11.4. The lowest BCUT2D eigenvalue weighted by Gasteiger charge is -2.25. The predicted octanol–water partition coefficient (Wildman–Crippen LogP) is 2.55. The molecule has 1 aromatic rings. The fourth-order valence-corrected chi connectivity index (χ4v) is 2.32. The molecular weight excluding hydrogens is 216 g/mol. The minimum absolute atomic E-state index is 0.338. The van der Waals surface area contributed by atoms with Gasteiger partial charge in [0.05, 0.1) is 12.0 Å². The van der Waals surface area contributed by atoms with Crippen molar-refractivity contribution in [3.05, 3.63) is 35.4 Å². The minimum atomic E-state index is -0.848. The van der Waals surface area contributed by atoms with Crippen molar-refractivity contribution in [1.82, 2.24) is 0 Å². The van der Waals surface area contributed by atoms with Crippen LogP contribution < -0.4 is 0 Å². The van der Waals surface area contributed by atoms with Crippen LogP contribution in [0.5, 0.6) is 0 Å². The minimum Gasteiger partial charge on any atom is -0.481 e. The van der Waals surface area contributed by atoms with Crippen molar-refractivity contribution in [2.24, 2.45) is 0 Å². The highest BCUT2D eigenvalue weighted by atomic mass is 16.5. The molecule has 1 heterocycles. The van der Waals surface area contributed by atoms with E-state index in [1.807, 2.05) is 24.3 Å². The van der Waals surface area contributed by atoms with E-state index in [-0.39, 0.29) is 0 Å². The van der Waals surface area contributed by atoms with Gasteiger partial charge in [0.25, 0.3) is 0 Å². The van der Waals surface area contributed by atoms with Crippen LogP contribution >= 0.6 is 0 Å². The molecule has 1 aromatic carbocycles. The summed E-state index contributed by atoms with van der Waals surface area (Å²) in [7, 11) is 0. The zero-order valence-corrected chi connectivity index (χ0v) is 10.3. The molecular formula is C14H18O3. The number of carbonyl (C=O) groups is 1. The third-order valence-corrected chi connectivity index (χ3v) is 3.54. The van der Waals surface area contributed by atoms with Crippen LogP contribution in [0.1, 0.15) is 37.3 Å². The van der Waals surface area contributed by atoms with Gasteiger partial charge < -0.3 is 9.84 Å². The SMILES string of the molecule is CC(C)(C(=O)O)c1ccccc1C1CCOC1. The molecule has 2 rings (SSSR count). The van der Waals surface area contributed by atoms with Gasteiger partial charge in [-0.25, -0.2) is 0 Å². The van der Waals surface area contributed by atoms with Gasteiger partial charge in [0.15, 0.2) is 0 Å². The van der Waals surface area contributed by atoms with Crippen molar-refractivity contribution in [3.63, 3.8) is 0 Å². The van der Waals surface area contributed by atoms with E-state index in [9.17, 15) is 9.90 Å². The maximum atomic E-state index is 11.4. The second-order valence-electron chi connectivity index (χ2n) is 5.08. The Labute approximate surface area is 101 Å². The van der Waals surface area contributed by atoms with Crippen LogP contribution in [0, 0.1) is 0 Å². The second-order valence-corrected chi connectivity index (χ2v) is 5.08. The van der Waals surface area contributed by atoms with E-state index in [2.05, 4.69) is 0 Å². The van der Waals surface area contributed by atoms with E-state index in [1.54, 1.807) is 13.8 Å². The Hall–Kier alpha value is -1.35. The zero-order valence-electron chi connectivity index (χ0n) is 10.3. The Balaban J connectivity index is 2.43. The average Bonchev–Trinajstić information content (AvgIpc) is 2.82. The van der Waals surface area contributed by atoms with Gasteiger partial charge in [0, 0.05) is 12.5 Å². The van der Waals surface area contributed by atoms with Crippen molar-refractivity contribution < 1.29 is 14.6 Å². The van der Waals surface area contributed by atoms with Crippen LogP contribution in [0.25, 0.3) is 0 Å². The summed E-state index contributed by atoms with van der Waals surface area (Å²) in [6, 6.07) is 7.82. The van der Waals surface area contributed by atoms with Crippen molar-refractivity contribution in [3.8, 4) is 0 Å². The first-order valence-electron chi connectivity index (χ1n) is 5.94. The first-order chi connectivity index (χ1) is 8.03. The van der Waals surface area contributed by atoms with E-state index in [0.717, 1.165) is 24.2 Å². The molecule has 3 nitrogen and oxygen atoms in total. The van der Waals surface area contributed by atoms with E-state index in [4.69, 9.17) is 4.74 Å². The quantitative estimate of drug-likeness (QED) is 0.874. The number of aliphatic carboxylic acids is 1.